The Morgan fingerprint density at radius 2 is 1.93 bits per heavy atom. The maximum atomic E-state index is 12.7. The maximum Gasteiger partial charge on any atom is 0.332 e. The van der Waals surface area contributed by atoms with E-state index in [0.717, 1.165) is 4.57 Å². The fraction of sp³-hybridized carbons (Fsp3) is 0.368. The van der Waals surface area contributed by atoms with Gasteiger partial charge in [0, 0.05) is 19.7 Å². The van der Waals surface area contributed by atoms with Crippen molar-refractivity contribution in [2.45, 2.75) is 19.5 Å². The number of nitrogens with zero attached hydrogens (tertiary/aromatic N) is 4. The van der Waals surface area contributed by atoms with Crippen LogP contribution in [0.2, 0.25) is 0 Å². The van der Waals surface area contributed by atoms with Crippen LogP contribution in [-0.4, -0.2) is 38.8 Å². The first-order valence-corrected chi connectivity index (χ1v) is 8.90. The number of hydrogen-bond acceptors (Lipinski definition) is 6. The molecule has 1 amide bonds. The number of imidazole rings is 1. The smallest absolute Gasteiger partial charge is 0.332 e. The van der Waals surface area contributed by atoms with Gasteiger partial charge in [-0.25, -0.2) is 14.3 Å². The predicted octanol–water partition coefficient (Wildman–Crippen LogP) is 0.328. The molecule has 2 aromatic heterocycles. The van der Waals surface area contributed by atoms with Crippen LogP contribution in [0.15, 0.2) is 34.1 Å². The van der Waals surface area contributed by atoms with Crippen molar-refractivity contribution in [1.29, 1.82) is 0 Å². The molecule has 0 aliphatic carbocycles. The predicted molar refractivity (Wildman–Crippen MR) is 106 cm³/mol. The number of aromatic nitrogens is 4. The van der Waals surface area contributed by atoms with Gasteiger partial charge in [-0.15, -0.1) is 0 Å². The molecule has 1 aromatic carbocycles. The minimum atomic E-state index is -0.608. The molecule has 0 spiro atoms. The highest BCUT2D eigenvalue weighted by atomic mass is 16.5. The molecule has 0 radical (unpaired) electrons. The number of carbonyl (C=O) groups excluding carboxylic acids is 1. The van der Waals surface area contributed by atoms with Gasteiger partial charge in [-0.2, -0.15) is 0 Å². The summed E-state index contributed by atoms with van der Waals surface area (Å²) in [4.78, 5) is 42.0. The highest BCUT2D eigenvalue weighted by molar-refractivity contribution is 5.77. The molecule has 0 bridgehead atoms. The molecule has 1 N–H and O–H groups in total. The Labute approximate surface area is 166 Å². The van der Waals surface area contributed by atoms with E-state index in [0.29, 0.717) is 17.1 Å². The third-order valence-corrected chi connectivity index (χ3v) is 4.78. The fourth-order valence-corrected chi connectivity index (χ4v) is 3.22. The van der Waals surface area contributed by atoms with Crippen LogP contribution < -0.4 is 26.0 Å². The molecule has 1 unspecified atom stereocenters. The van der Waals surface area contributed by atoms with E-state index < -0.39 is 29.7 Å². The van der Waals surface area contributed by atoms with Crippen LogP contribution in [0.3, 0.4) is 0 Å². The second-order valence-electron chi connectivity index (χ2n) is 6.66. The van der Waals surface area contributed by atoms with Gasteiger partial charge >= 0.3 is 5.69 Å². The summed E-state index contributed by atoms with van der Waals surface area (Å²) < 4.78 is 14.2. The monoisotopic (exact) mass is 401 g/mol. The van der Waals surface area contributed by atoms with Gasteiger partial charge in [0.05, 0.1) is 26.6 Å². The molecule has 0 aliphatic heterocycles. The first-order valence-electron chi connectivity index (χ1n) is 8.90. The van der Waals surface area contributed by atoms with Crippen molar-refractivity contribution in [3.63, 3.8) is 0 Å². The Hall–Kier alpha value is -3.56. The van der Waals surface area contributed by atoms with Gasteiger partial charge in [0.1, 0.15) is 18.0 Å². The number of carbonyl (C=O) groups is 1. The number of methoxy groups -OCH3 is 2. The van der Waals surface area contributed by atoms with Crippen molar-refractivity contribution in [1.82, 2.24) is 24.0 Å². The van der Waals surface area contributed by atoms with Crippen LogP contribution in [0.5, 0.6) is 11.5 Å². The lowest BCUT2D eigenvalue weighted by molar-refractivity contribution is -0.122. The van der Waals surface area contributed by atoms with Gasteiger partial charge in [0.15, 0.2) is 11.2 Å². The summed E-state index contributed by atoms with van der Waals surface area (Å²) in [6.07, 6.45) is 1.45. The maximum absolute atomic E-state index is 12.7. The van der Waals surface area contributed by atoms with E-state index in [-0.39, 0.29) is 11.2 Å². The largest absolute Gasteiger partial charge is 0.497 e. The Bertz CT molecular complexity index is 1190. The highest BCUT2D eigenvalue weighted by Gasteiger charge is 2.19. The zero-order chi connectivity index (χ0) is 21.3. The molecule has 10 heteroatoms. The van der Waals surface area contributed by atoms with Crippen molar-refractivity contribution < 1.29 is 14.3 Å². The van der Waals surface area contributed by atoms with E-state index in [9.17, 15) is 14.4 Å². The third-order valence-electron chi connectivity index (χ3n) is 4.78. The summed E-state index contributed by atoms with van der Waals surface area (Å²) in [5.41, 5.74) is 0.0615. The second kappa shape index (κ2) is 7.82. The van der Waals surface area contributed by atoms with Crippen LogP contribution >= 0.6 is 0 Å². The zero-order valence-electron chi connectivity index (χ0n) is 16.9. The molecule has 154 valence electrons. The number of amides is 1. The summed E-state index contributed by atoms with van der Waals surface area (Å²) in [5, 5.41) is 2.80. The van der Waals surface area contributed by atoms with E-state index in [1.807, 2.05) is 0 Å². The van der Waals surface area contributed by atoms with Crippen molar-refractivity contribution in [2.24, 2.45) is 14.1 Å². The average molecular weight is 401 g/mol. The summed E-state index contributed by atoms with van der Waals surface area (Å²) in [5.74, 6) is 0.722. The lowest BCUT2D eigenvalue weighted by Gasteiger charge is -2.18. The molecule has 10 nitrogen and oxygen atoms in total. The van der Waals surface area contributed by atoms with Gasteiger partial charge < -0.3 is 19.4 Å². The molecular weight excluding hydrogens is 378 g/mol. The van der Waals surface area contributed by atoms with Gasteiger partial charge in [-0.05, 0) is 25.1 Å². The summed E-state index contributed by atoms with van der Waals surface area (Å²) in [7, 11) is 6.25. The Morgan fingerprint density at radius 1 is 1.21 bits per heavy atom. The fourth-order valence-electron chi connectivity index (χ4n) is 3.22. The number of nitrogens with one attached hydrogen (secondary N) is 1. The highest BCUT2D eigenvalue weighted by Crippen LogP contribution is 2.29. The SMILES string of the molecule is COc1ccc(OC)c(C(C)NC(=O)Cn2c(=O)c3c(ncn3C)n(C)c2=O)c1. The molecule has 29 heavy (non-hydrogen) atoms. The van der Waals surface area contributed by atoms with Crippen molar-refractivity contribution >= 4 is 17.1 Å². The van der Waals surface area contributed by atoms with E-state index in [2.05, 4.69) is 10.3 Å². The first-order chi connectivity index (χ1) is 13.8. The van der Waals surface area contributed by atoms with Crippen molar-refractivity contribution in [2.75, 3.05) is 14.2 Å². The molecule has 1 atom stereocenters. The number of ether oxygens (including phenoxy) is 2. The molecule has 2 heterocycles. The van der Waals surface area contributed by atoms with Crippen molar-refractivity contribution in [3.8, 4) is 11.5 Å². The van der Waals surface area contributed by atoms with E-state index in [1.54, 1.807) is 39.3 Å². The minimum absolute atomic E-state index is 0.252. The van der Waals surface area contributed by atoms with Gasteiger partial charge in [-0.3, -0.25) is 14.2 Å². The lowest BCUT2D eigenvalue weighted by atomic mass is 10.1. The van der Waals surface area contributed by atoms with E-state index in [1.165, 1.54) is 29.6 Å². The zero-order valence-corrected chi connectivity index (χ0v) is 16.9. The molecule has 0 saturated heterocycles. The van der Waals surface area contributed by atoms with Gasteiger partial charge in [-0.1, -0.05) is 0 Å². The number of hydrogen-bond donors (Lipinski definition) is 1. The number of rotatable bonds is 6. The van der Waals surface area contributed by atoms with Crippen molar-refractivity contribution in [3.05, 3.63) is 50.9 Å². The number of aryl methyl sites for hydroxylation is 2. The van der Waals surface area contributed by atoms with Gasteiger partial charge in [0.2, 0.25) is 5.91 Å². The quantitative estimate of drug-likeness (QED) is 0.637. The van der Waals surface area contributed by atoms with Gasteiger partial charge in [0.25, 0.3) is 5.56 Å². The van der Waals surface area contributed by atoms with Crippen LogP contribution in [0.4, 0.5) is 0 Å². The normalized spacial score (nSPS) is 12.0. The molecule has 0 saturated carbocycles. The molecule has 3 rings (SSSR count). The molecular formula is C19H23N5O5. The standard InChI is InChI=1S/C19H23N5O5/c1-11(13-8-12(28-4)6-7-14(13)29-5)21-15(25)9-24-18(26)16-17(20-10-22(16)2)23(3)19(24)27/h6-8,10-11H,9H2,1-5H3,(H,21,25). The topological polar surface area (TPSA) is 109 Å². The van der Waals surface area contributed by atoms with Crippen LogP contribution in [-0.2, 0) is 25.4 Å². The Kier molecular flexibility index (Phi) is 5.44. The number of benzene rings is 1. The summed E-state index contributed by atoms with van der Waals surface area (Å²) >= 11 is 0. The lowest BCUT2D eigenvalue weighted by Crippen LogP contribution is -2.43. The Balaban J connectivity index is 1.90. The van der Waals surface area contributed by atoms with E-state index in [4.69, 9.17) is 9.47 Å². The third kappa shape index (κ3) is 3.60. The summed E-state index contributed by atoms with van der Waals surface area (Å²) in [6, 6.07) is 4.82. The average Bonchev–Trinajstić information content (AvgIpc) is 3.10. The number of fused-ring (bicyclic) bond motifs is 1. The van der Waals surface area contributed by atoms with Crippen LogP contribution in [0.25, 0.3) is 11.2 Å². The minimum Gasteiger partial charge on any atom is -0.497 e. The molecule has 0 aliphatic rings. The second-order valence-corrected chi connectivity index (χ2v) is 6.66. The van der Waals surface area contributed by atoms with Crippen LogP contribution in [0.1, 0.15) is 18.5 Å². The van der Waals surface area contributed by atoms with E-state index >= 15 is 0 Å². The molecule has 0 fully saturated rings. The summed E-state index contributed by atoms with van der Waals surface area (Å²) in [6.45, 7) is 1.36. The first kappa shape index (κ1) is 20.2. The Morgan fingerprint density at radius 3 is 2.59 bits per heavy atom. The van der Waals surface area contributed by atoms with Crippen LogP contribution in [0, 0.1) is 0 Å². The molecule has 3 aromatic rings.